The summed E-state index contributed by atoms with van der Waals surface area (Å²) in [5.74, 6) is -2.90. The molecule has 0 saturated carbocycles. The van der Waals surface area contributed by atoms with Crippen molar-refractivity contribution in [3.8, 4) is 0 Å². The van der Waals surface area contributed by atoms with Gasteiger partial charge in [0.25, 0.3) is 15.9 Å². The zero-order valence-electron chi connectivity index (χ0n) is 14.8. The van der Waals surface area contributed by atoms with Crippen LogP contribution in [-0.2, 0) is 10.0 Å². The molecule has 0 atom stereocenters. The molecule has 0 heterocycles. The molecule has 148 valence electrons. The molecule has 0 spiro atoms. The van der Waals surface area contributed by atoms with E-state index >= 15 is 0 Å². The van der Waals surface area contributed by atoms with E-state index in [4.69, 9.17) is 5.11 Å². The number of benzene rings is 3. The quantitative estimate of drug-likeness (QED) is 0.571. The number of hydrogen-bond acceptors (Lipinski definition) is 4. The molecule has 0 bridgehead atoms. The molecule has 0 aromatic heterocycles. The first-order valence-corrected chi connectivity index (χ1v) is 9.77. The predicted octanol–water partition coefficient (Wildman–Crippen LogP) is 3.58. The van der Waals surface area contributed by atoms with Crippen LogP contribution in [0.5, 0.6) is 0 Å². The van der Waals surface area contributed by atoms with Gasteiger partial charge in [0, 0.05) is 16.9 Å². The molecule has 0 aliphatic carbocycles. The van der Waals surface area contributed by atoms with E-state index in [1.54, 1.807) is 18.2 Å². The van der Waals surface area contributed by atoms with Crippen molar-refractivity contribution in [1.82, 2.24) is 0 Å². The number of nitrogens with one attached hydrogen (secondary N) is 2. The molecule has 9 heteroatoms. The average Bonchev–Trinajstić information content (AvgIpc) is 2.68. The van der Waals surface area contributed by atoms with Crippen molar-refractivity contribution in [2.75, 3.05) is 10.0 Å². The van der Waals surface area contributed by atoms with Crippen molar-refractivity contribution in [3.63, 3.8) is 0 Å². The average molecular weight is 414 g/mol. The molecule has 1 amide bonds. The molecule has 3 N–H and O–H groups in total. The summed E-state index contributed by atoms with van der Waals surface area (Å²) in [6, 6.07) is 16.4. The standard InChI is InChI=1S/C20H15FN2O5S/c21-17-10-9-13(19(24)22-16-8-4-5-14(11-16)20(25)26)12-18(17)29(27,28)23-15-6-2-1-3-7-15/h1-12,23H,(H,22,24)(H,25,26). The number of aromatic carboxylic acids is 1. The van der Waals surface area contributed by atoms with E-state index in [0.29, 0.717) is 0 Å². The number of hydrogen-bond donors (Lipinski definition) is 3. The van der Waals surface area contributed by atoms with Gasteiger partial charge in [-0.15, -0.1) is 0 Å². The number of para-hydroxylation sites is 1. The van der Waals surface area contributed by atoms with E-state index in [9.17, 15) is 22.4 Å². The first-order valence-electron chi connectivity index (χ1n) is 8.28. The van der Waals surface area contributed by atoms with Crippen molar-refractivity contribution in [1.29, 1.82) is 0 Å². The molecule has 3 rings (SSSR count). The normalized spacial score (nSPS) is 10.9. The summed E-state index contributed by atoms with van der Waals surface area (Å²) in [4.78, 5) is 22.8. The highest BCUT2D eigenvalue weighted by Crippen LogP contribution is 2.21. The molecule has 7 nitrogen and oxygen atoms in total. The van der Waals surface area contributed by atoms with Gasteiger partial charge in [-0.25, -0.2) is 17.6 Å². The summed E-state index contributed by atoms with van der Waals surface area (Å²) in [5.41, 5.74) is 0.302. The van der Waals surface area contributed by atoms with Crippen LogP contribution in [0.2, 0.25) is 0 Å². The Morgan fingerprint density at radius 2 is 1.52 bits per heavy atom. The fourth-order valence-electron chi connectivity index (χ4n) is 2.50. The van der Waals surface area contributed by atoms with Crippen LogP contribution in [0, 0.1) is 5.82 Å². The lowest BCUT2D eigenvalue weighted by Gasteiger charge is -2.11. The molecular formula is C20H15FN2O5S. The van der Waals surface area contributed by atoms with Gasteiger partial charge in [-0.1, -0.05) is 24.3 Å². The number of amides is 1. The number of sulfonamides is 1. The van der Waals surface area contributed by atoms with Crippen LogP contribution in [0.1, 0.15) is 20.7 Å². The molecule has 0 radical (unpaired) electrons. The Hall–Kier alpha value is -3.72. The van der Waals surface area contributed by atoms with Crippen LogP contribution in [-0.4, -0.2) is 25.4 Å². The number of halogens is 1. The first kappa shape index (κ1) is 20.0. The summed E-state index contributed by atoms with van der Waals surface area (Å²) in [6.07, 6.45) is 0. The third kappa shape index (κ3) is 4.77. The summed E-state index contributed by atoms with van der Waals surface area (Å²) in [7, 11) is -4.27. The van der Waals surface area contributed by atoms with Gasteiger partial charge in [-0.2, -0.15) is 0 Å². The van der Waals surface area contributed by atoms with Gasteiger partial charge in [0.15, 0.2) is 0 Å². The molecule has 29 heavy (non-hydrogen) atoms. The number of carbonyl (C=O) groups is 2. The summed E-state index contributed by atoms with van der Waals surface area (Å²) >= 11 is 0. The maximum atomic E-state index is 14.2. The van der Waals surface area contributed by atoms with Crippen LogP contribution in [0.25, 0.3) is 0 Å². The minimum atomic E-state index is -4.27. The fourth-order valence-corrected chi connectivity index (χ4v) is 3.66. The maximum Gasteiger partial charge on any atom is 0.335 e. The van der Waals surface area contributed by atoms with Gasteiger partial charge in [0.05, 0.1) is 5.56 Å². The van der Waals surface area contributed by atoms with Crippen molar-refractivity contribution in [3.05, 3.63) is 89.7 Å². The Kier molecular flexibility index (Phi) is 5.60. The molecule has 0 fully saturated rings. The van der Waals surface area contributed by atoms with Crippen LogP contribution in [0.3, 0.4) is 0 Å². The lowest BCUT2D eigenvalue weighted by Crippen LogP contribution is -2.17. The molecule has 0 saturated heterocycles. The second-order valence-corrected chi connectivity index (χ2v) is 7.61. The minimum Gasteiger partial charge on any atom is -0.478 e. The van der Waals surface area contributed by atoms with E-state index in [-0.39, 0.29) is 22.5 Å². The van der Waals surface area contributed by atoms with E-state index in [1.165, 1.54) is 36.4 Å². The zero-order chi connectivity index (χ0) is 21.0. The number of rotatable bonds is 6. The molecule has 3 aromatic carbocycles. The van der Waals surface area contributed by atoms with Gasteiger partial charge in [-0.3, -0.25) is 9.52 Å². The second-order valence-electron chi connectivity index (χ2n) is 5.96. The van der Waals surface area contributed by atoms with Crippen molar-refractivity contribution in [2.24, 2.45) is 0 Å². The van der Waals surface area contributed by atoms with Crippen LogP contribution >= 0.6 is 0 Å². The molecule has 0 aliphatic heterocycles. The molecular weight excluding hydrogens is 399 g/mol. The molecule has 0 aliphatic rings. The lowest BCUT2D eigenvalue weighted by atomic mass is 10.1. The minimum absolute atomic E-state index is 0.0303. The number of carbonyl (C=O) groups excluding carboxylic acids is 1. The Balaban J connectivity index is 1.87. The highest BCUT2D eigenvalue weighted by molar-refractivity contribution is 7.92. The number of carboxylic acid groups (broad SMARTS) is 1. The number of anilines is 2. The smallest absolute Gasteiger partial charge is 0.335 e. The first-order chi connectivity index (χ1) is 13.8. The summed E-state index contributed by atoms with van der Waals surface area (Å²) in [6.45, 7) is 0. The molecule has 0 unspecified atom stereocenters. The van der Waals surface area contributed by atoms with E-state index < -0.39 is 32.6 Å². The highest BCUT2D eigenvalue weighted by atomic mass is 32.2. The van der Waals surface area contributed by atoms with Gasteiger partial charge < -0.3 is 10.4 Å². The number of carboxylic acids is 1. The fraction of sp³-hybridized carbons (Fsp3) is 0. The van der Waals surface area contributed by atoms with Gasteiger partial charge in [0.2, 0.25) is 0 Å². The third-order valence-electron chi connectivity index (χ3n) is 3.88. The third-order valence-corrected chi connectivity index (χ3v) is 5.27. The monoisotopic (exact) mass is 414 g/mol. The summed E-state index contributed by atoms with van der Waals surface area (Å²) < 4.78 is 41.5. The molecule has 3 aromatic rings. The largest absolute Gasteiger partial charge is 0.478 e. The highest BCUT2D eigenvalue weighted by Gasteiger charge is 2.21. The second kappa shape index (κ2) is 8.11. The Labute approximate surface area is 165 Å². The Morgan fingerprint density at radius 3 is 2.21 bits per heavy atom. The van der Waals surface area contributed by atoms with Crippen molar-refractivity contribution in [2.45, 2.75) is 4.90 Å². The predicted molar refractivity (Wildman–Crippen MR) is 105 cm³/mol. The van der Waals surface area contributed by atoms with Crippen molar-refractivity contribution >= 4 is 33.3 Å². The summed E-state index contributed by atoms with van der Waals surface area (Å²) in [5, 5.41) is 11.5. The van der Waals surface area contributed by atoms with E-state index in [1.807, 2.05) is 0 Å². The van der Waals surface area contributed by atoms with Crippen LogP contribution in [0.15, 0.2) is 77.7 Å². The van der Waals surface area contributed by atoms with Gasteiger partial charge in [-0.05, 0) is 48.5 Å². The van der Waals surface area contributed by atoms with Crippen molar-refractivity contribution < 1.29 is 27.5 Å². The zero-order valence-corrected chi connectivity index (χ0v) is 15.6. The van der Waals surface area contributed by atoms with Crippen LogP contribution < -0.4 is 10.0 Å². The van der Waals surface area contributed by atoms with Gasteiger partial charge >= 0.3 is 5.97 Å². The maximum absolute atomic E-state index is 14.2. The van der Waals surface area contributed by atoms with E-state index in [2.05, 4.69) is 10.0 Å². The lowest BCUT2D eigenvalue weighted by molar-refractivity contribution is 0.0696. The van der Waals surface area contributed by atoms with Crippen LogP contribution in [0.4, 0.5) is 15.8 Å². The SMILES string of the molecule is O=C(O)c1cccc(NC(=O)c2ccc(F)c(S(=O)(=O)Nc3ccccc3)c2)c1. The Bertz CT molecular complexity index is 1180. The van der Waals surface area contributed by atoms with E-state index in [0.717, 1.165) is 18.2 Å². The Morgan fingerprint density at radius 1 is 0.828 bits per heavy atom. The van der Waals surface area contributed by atoms with Gasteiger partial charge in [0.1, 0.15) is 10.7 Å². The topological polar surface area (TPSA) is 113 Å².